The topological polar surface area (TPSA) is 61.8 Å². The lowest BCUT2D eigenvalue weighted by Crippen LogP contribution is -2.51. The zero-order valence-electron chi connectivity index (χ0n) is 11.8. The van der Waals surface area contributed by atoms with Gasteiger partial charge in [-0.3, -0.25) is 4.79 Å². The molecular weight excluding hydrogens is 244 g/mol. The number of aliphatic hydroxyl groups is 1. The van der Waals surface area contributed by atoms with Gasteiger partial charge in [0, 0.05) is 13.0 Å². The number of rotatable bonds is 4. The van der Waals surface area contributed by atoms with Crippen LogP contribution in [0.3, 0.4) is 0 Å². The van der Waals surface area contributed by atoms with E-state index >= 15 is 0 Å². The van der Waals surface area contributed by atoms with Crippen LogP contribution >= 0.6 is 0 Å². The highest BCUT2D eigenvalue weighted by Crippen LogP contribution is 2.24. The summed E-state index contributed by atoms with van der Waals surface area (Å²) in [7, 11) is 0. The lowest BCUT2D eigenvalue weighted by atomic mass is 9.85. The van der Waals surface area contributed by atoms with Crippen LogP contribution in [0.15, 0.2) is 0 Å². The van der Waals surface area contributed by atoms with Crippen LogP contribution in [0.1, 0.15) is 26.2 Å². The molecule has 0 saturated carbocycles. The third-order valence-corrected chi connectivity index (χ3v) is 4.39. The van der Waals surface area contributed by atoms with Crippen molar-refractivity contribution in [1.29, 1.82) is 0 Å². The van der Waals surface area contributed by atoms with Gasteiger partial charge in [0.1, 0.15) is 0 Å². The van der Waals surface area contributed by atoms with Gasteiger partial charge in [-0.1, -0.05) is 6.92 Å². The molecule has 5 nitrogen and oxygen atoms in total. The number of ether oxygens (including phenoxy) is 1. The Labute approximate surface area is 115 Å². The number of carbonyl (C=O) groups is 1. The molecule has 2 saturated heterocycles. The first kappa shape index (κ1) is 14.8. The molecule has 2 N–H and O–H groups in total. The van der Waals surface area contributed by atoms with Gasteiger partial charge in [-0.25, -0.2) is 0 Å². The zero-order chi connectivity index (χ0) is 13.7. The SMILES string of the molecule is CC(CC(=O)N1CCOCC1CO)C1CCCNC1. The largest absolute Gasteiger partial charge is 0.394 e. The van der Waals surface area contributed by atoms with E-state index in [1.54, 1.807) is 4.90 Å². The maximum absolute atomic E-state index is 12.4. The monoisotopic (exact) mass is 270 g/mol. The quantitative estimate of drug-likeness (QED) is 0.768. The van der Waals surface area contributed by atoms with E-state index in [2.05, 4.69) is 12.2 Å². The van der Waals surface area contributed by atoms with E-state index in [9.17, 15) is 9.90 Å². The Morgan fingerprint density at radius 3 is 3.11 bits per heavy atom. The highest BCUT2D eigenvalue weighted by Gasteiger charge is 2.29. The van der Waals surface area contributed by atoms with Crippen LogP contribution in [-0.2, 0) is 9.53 Å². The molecule has 2 heterocycles. The highest BCUT2D eigenvalue weighted by atomic mass is 16.5. The Kier molecular flexibility index (Phi) is 5.60. The Hall–Kier alpha value is -0.650. The highest BCUT2D eigenvalue weighted by molar-refractivity contribution is 5.77. The molecule has 0 aliphatic carbocycles. The number of aliphatic hydroxyl groups excluding tert-OH is 1. The molecule has 0 aromatic heterocycles. The Bertz CT molecular complexity index is 292. The first-order valence-corrected chi connectivity index (χ1v) is 7.41. The number of nitrogens with zero attached hydrogens (tertiary/aromatic N) is 1. The average Bonchev–Trinajstić information content (AvgIpc) is 2.48. The van der Waals surface area contributed by atoms with Crippen molar-refractivity contribution in [3.63, 3.8) is 0 Å². The molecule has 0 aromatic carbocycles. The van der Waals surface area contributed by atoms with Crippen LogP contribution in [-0.4, -0.2) is 61.4 Å². The van der Waals surface area contributed by atoms with Crippen LogP contribution in [0.5, 0.6) is 0 Å². The van der Waals surface area contributed by atoms with E-state index < -0.39 is 0 Å². The van der Waals surface area contributed by atoms with E-state index in [1.807, 2.05) is 0 Å². The van der Waals surface area contributed by atoms with Crippen LogP contribution in [0, 0.1) is 11.8 Å². The normalized spacial score (nSPS) is 30.1. The minimum Gasteiger partial charge on any atom is -0.394 e. The van der Waals surface area contributed by atoms with Crippen molar-refractivity contribution in [3.05, 3.63) is 0 Å². The van der Waals surface area contributed by atoms with Gasteiger partial charge in [-0.2, -0.15) is 0 Å². The minimum absolute atomic E-state index is 0.00882. The van der Waals surface area contributed by atoms with Gasteiger partial charge in [0.05, 0.1) is 25.9 Å². The third-order valence-electron chi connectivity index (χ3n) is 4.39. The van der Waals surface area contributed by atoms with Crippen molar-refractivity contribution in [2.45, 2.75) is 32.2 Å². The molecule has 1 amide bonds. The van der Waals surface area contributed by atoms with Crippen molar-refractivity contribution in [2.24, 2.45) is 11.8 Å². The predicted molar refractivity (Wildman–Crippen MR) is 72.8 cm³/mol. The molecule has 0 bridgehead atoms. The van der Waals surface area contributed by atoms with Gasteiger partial charge in [0.15, 0.2) is 0 Å². The van der Waals surface area contributed by atoms with Gasteiger partial charge in [-0.15, -0.1) is 0 Å². The summed E-state index contributed by atoms with van der Waals surface area (Å²) < 4.78 is 5.31. The van der Waals surface area contributed by atoms with Gasteiger partial charge >= 0.3 is 0 Å². The van der Waals surface area contributed by atoms with Gasteiger partial charge in [0.25, 0.3) is 0 Å². The molecule has 3 unspecified atom stereocenters. The van der Waals surface area contributed by atoms with Crippen LogP contribution in [0.25, 0.3) is 0 Å². The molecule has 5 heteroatoms. The van der Waals surface area contributed by atoms with Gasteiger partial charge in [0.2, 0.25) is 5.91 Å². The molecule has 19 heavy (non-hydrogen) atoms. The number of nitrogens with one attached hydrogen (secondary N) is 1. The molecule has 0 aromatic rings. The van der Waals surface area contributed by atoms with Gasteiger partial charge in [-0.05, 0) is 37.8 Å². The number of morpholine rings is 1. The summed E-state index contributed by atoms with van der Waals surface area (Å²) in [4.78, 5) is 14.2. The van der Waals surface area contributed by atoms with E-state index in [-0.39, 0.29) is 18.6 Å². The second kappa shape index (κ2) is 7.22. The molecule has 2 aliphatic heterocycles. The summed E-state index contributed by atoms with van der Waals surface area (Å²) in [5, 5.41) is 12.7. The second-order valence-electron chi connectivity index (χ2n) is 5.79. The molecule has 0 spiro atoms. The number of hydrogen-bond donors (Lipinski definition) is 2. The van der Waals surface area contributed by atoms with E-state index in [4.69, 9.17) is 4.74 Å². The lowest BCUT2D eigenvalue weighted by molar-refractivity contribution is -0.143. The summed E-state index contributed by atoms with van der Waals surface area (Å²) >= 11 is 0. The number of amides is 1. The predicted octanol–water partition coefficient (Wildman–Crippen LogP) is 0.232. The van der Waals surface area contributed by atoms with Crippen LogP contribution < -0.4 is 5.32 Å². The Balaban J connectivity index is 1.84. The van der Waals surface area contributed by atoms with Crippen LogP contribution in [0.4, 0.5) is 0 Å². The molecule has 2 rings (SSSR count). The molecule has 0 radical (unpaired) electrons. The fourth-order valence-electron chi connectivity index (χ4n) is 3.06. The molecule has 2 fully saturated rings. The van der Waals surface area contributed by atoms with Crippen molar-refractivity contribution in [1.82, 2.24) is 10.2 Å². The fraction of sp³-hybridized carbons (Fsp3) is 0.929. The number of piperidine rings is 1. The van der Waals surface area contributed by atoms with Crippen molar-refractivity contribution in [3.8, 4) is 0 Å². The third kappa shape index (κ3) is 3.91. The van der Waals surface area contributed by atoms with Crippen molar-refractivity contribution in [2.75, 3.05) is 39.5 Å². The lowest BCUT2D eigenvalue weighted by Gasteiger charge is -2.36. The van der Waals surface area contributed by atoms with E-state index in [1.165, 1.54) is 12.8 Å². The zero-order valence-corrected chi connectivity index (χ0v) is 11.8. The number of carbonyl (C=O) groups excluding carboxylic acids is 1. The minimum atomic E-state index is -0.155. The van der Waals surface area contributed by atoms with Gasteiger partial charge < -0.3 is 20.1 Å². The van der Waals surface area contributed by atoms with Crippen molar-refractivity contribution < 1.29 is 14.6 Å². The standard InChI is InChI=1S/C14H26N2O3/c1-11(12-3-2-4-15-8-12)7-14(18)16-5-6-19-10-13(16)9-17/h11-13,15,17H,2-10H2,1H3. The molecular formula is C14H26N2O3. The van der Waals surface area contributed by atoms with Crippen molar-refractivity contribution >= 4 is 5.91 Å². The molecule has 110 valence electrons. The molecule has 2 aliphatic rings. The summed E-state index contributed by atoms with van der Waals surface area (Å²) in [5.41, 5.74) is 0. The first-order chi connectivity index (χ1) is 9.22. The molecule has 3 atom stereocenters. The Morgan fingerprint density at radius 2 is 2.42 bits per heavy atom. The number of hydrogen-bond acceptors (Lipinski definition) is 4. The summed E-state index contributed by atoms with van der Waals surface area (Å²) in [6.07, 6.45) is 3.01. The Morgan fingerprint density at radius 1 is 1.58 bits per heavy atom. The van der Waals surface area contributed by atoms with Crippen LogP contribution in [0.2, 0.25) is 0 Å². The summed E-state index contributed by atoms with van der Waals surface area (Å²) in [5.74, 6) is 1.18. The van der Waals surface area contributed by atoms with E-state index in [0.717, 1.165) is 13.1 Å². The van der Waals surface area contributed by atoms with E-state index in [0.29, 0.717) is 38.0 Å². The maximum Gasteiger partial charge on any atom is 0.223 e. The maximum atomic E-state index is 12.4. The summed E-state index contributed by atoms with van der Waals surface area (Å²) in [6.45, 7) is 5.95. The second-order valence-corrected chi connectivity index (χ2v) is 5.79. The average molecular weight is 270 g/mol. The summed E-state index contributed by atoms with van der Waals surface area (Å²) in [6, 6.07) is -0.155. The first-order valence-electron chi connectivity index (χ1n) is 7.41. The smallest absolute Gasteiger partial charge is 0.223 e. The fourth-order valence-corrected chi connectivity index (χ4v) is 3.06.